The van der Waals surface area contributed by atoms with E-state index >= 15 is 0 Å². The van der Waals surface area contributed by atoms with Crippen molar-refractivity contribution in [2.45, 2.75) is 6.92 Å². The van der Waals surface area contributed by atoms with E-state index in [9.17, 15) is 5.11 Å². The summed E-state index contributed by atoms with van der Waals surface area (Å²) in [7, 11) is 0. The molecule has 144 valence electrons. The predicted octanol–water partition coefficient (Wildman–Crippen LogP) is 7.23. The van der Waals surface area contributed by atoms with Crippen molar-refractivity contribution in [3.05, 3.63) is 81.8 Å². The molecule has 0 spiro atoms. The number of benzene rings is 3. The molecule has 0 radical (unpaired) electrons. The number of halogens is 2. The lowest BCUT2D eigenvalue weighted by atomic mass is 10.1. The topological polar surface area (TPSA) is 58.6 Å². The number of phenolic OH excluding ortho intramolecular Hbond substituents is 1. The molecular weight excluding hydrogens is 407 g/mol. The zero-order valence-corrected chi connectivity index (χ0v) is 16.9. The minimum absolute atomic E-state index is 0.0794. The normalized spacial score (nSPS) is 11.8. The highest BCUT2D eigenvalue weighted by Gasteiger charge is 2.13. The summed E-state index contributed by atoms with van der Waals surface area (Å²) in [5.74, 6) is 0.430. The number of aryl methyl sites for hydroxylation is 1. The van der Waals surface area contributed by atoms with Gasteiger partial charge < -0.3 is 9.52 Å². The number of fused-ring (bicyclic) bond motifs is 1. The molecule has 4 rings (SSSR count). The lowest BCUT2D eigenvalue weighted by Gasteiger charge is -2.01. The second-order valence-corrected chi connectivity index (χ2v) is 7.34. The average molecular weight is 423 g/mol. The molecule has 29 heavy (non-hydrogen) atoms. The van der Waals surface area contributed by atoms with Crippen LogP contribution in [0.2, 0.25) is 10.0 Å². The maximum absolute atomic E-state index is 10.3. The van der Waals surface area contributed by atoms with Crippen LogP contribution in [-0.2, 0) is 0 Å². The number of allylic oxidation sites excluding steroid dienone is 1. The third-order valence-corrected chi connectivity index (χ3v) is 4.86. The van der Waals surface area contributed by atoms with Gasteiger partial charge in [-0.3, -0.25) is 4.99 Å². The Hall–Kier alpha value is -3.08. The molecule has 0 saturated carbocycles. The molecule has 1 aromatic heterocycles. The Balaban J connectivity index is 1.59. The fourth-order valence-electron chi connectivity index (χ4n) is 2.84. The summed E-state index contributed by atoms with van der Waals surface area (Å²) in [6, 6.07) is 16.1. The second kappa shape index (κ2) is 8.11. The van der Waals surface area contributed by atoms with E-state index in [1.807, 2.05) is 37.3 Å². The molecule has 3 aromatic carbocycles. The van der Waals surface area contributed by atoms with Crippen LogP contribution in [0.15, 0.2) is 70.1 Å². The van der Waals surface area contributed by atoms with Crippen LogP contribution >= 0.6 is 23.2 Å². The standard InChI is InChI=1S/C23H16Cl2N2O2/c1-14-4-9-22-20(11-14)27-23(29-22)18-13-17(7-8-21(18)28)26-10-2-3-15-5-6-16(24)12-19(15)25/h2-13,28H,1H3/b3-2+,26-10?. The van der Waals surface area contributed by atoms with Gasteiger partial charge in [0.2, 0.25) is 5.89 Å². The molecule has 0 fully saturated rings. The third-order valence-electron chi connectivity index (χ3n) is 4.30. The average Bonchev–Trinajstić information content (AvgIpc) is 3.10. The summed E-state index contributed by atoms with van der Waals surface area (Å²) < 4.78 is 5.79. The van der Waals surface area contributed by atoms with Gasteiger partial charge in [-0.15, -0.1) is 0 Å². The molecule has 0 bridgehead atoms. The monoisotopic (exact) mass is 422 g/mol. The van der Waals surface area contributed by atoms with Gasteiger partial charge in [0.1, 0.15) is 11.3 Å². The molecule has 1 heterocycles. The Kier molecular flexibility index (Phi) is 5.38. The van der Waals surface area contributed by atoms with Gasteiger partial charge in [0, 0.05) is 16.3 Å². The lowest BCUT2D eigenvalue weighted by molar-refractivity contribution is 0.474. The molecule has 0 amide bonds. The maximum Gasteiger partial charge on any atom is 0.231 e. The molecule has 0 aliphatic rings. The van der Waals surface area contributed by atoms with Crippen molar-refractivity contribution in [1.29, 1.82) is 0 Å². The van der Waals surface area contributed by atoms with Gasteiger partial charge in [0.05, 0.1) is 11.3 Å². The quantitative estimate of drug-likeness (QED) is 0.352. The maximum atomic E-state index is 10.3. The van der Waals surface area contributed by atoms with Crippen LogP contribution in [-0.4, -0.2) is 16.3 Å². The number of aromatic hydroxyl groups is 1. The van der Waals surface area contributed by atoms with Crippen molar-refractivity contribution in [1.82, 2.24) is 4.98 Å². The van der Waals surface area contributed by atoms with Crippen LogP contribution in [0.1, 0.15) is 11.1 Å². The van der Waals surface area contributed by atoms with Crippen molar-refractivity contribution in [3.8, 4) is 17.2 Å². The van der Waals surface area contributed by atoms with Crippen molar-refractivity contribution < 1.29 is 9.52 Å². The molecule has 0 saturated heterocycles. The van der Waals surface area contributed by atoms with Crippen LogP contribution in [0.4, 0.5) is 5.69 Å². The molecule has 1 N–H and O–H groups in total. The van der Waals surface area contributed by atoms with Crippen molar-refractivity contribution in [3.63, 3.8) is 0 Å². The first-order chi connectivity index (χ1) is 14.0. The van der Waals surface area contributed by atoms with Crippen LogP contribution in [0, 0.1) is 6.92 Å². The van der Waals surface area contributed by atoms with Crippen LogP contribution < -0.4 is 0 Å². The third kappa shape index (κ3) is 4.34. The first-order valence-electron chi connectivity index (χ1n) is 8.86. The predicted molar refractivity (Wildman–Crippen MR) is 119 cm³/mol. The number of hydrogen-bond donors (Lipinski definition) is 1. The fourth-order valence-corrected chi connectivity index (χ4v) is 3.31. The van der Waals surface area contributed by atoms with Gasteiger partial charge in [-0.25, -0.2) is 4.98 Å². The summed E-state index contributed by atoms with van der Waals surface area (Å²) >= 11 is 12.1. The van der Waals surface area contributed by atoms with E-state index in [4.69, 9.17) is 27.6 Å². The Labute approximate surface area is 177 Å². The number of aliphatic imine (C=N–C) groups is 1. The number of hydrogen-bond acceptors (Lipinski definition) is 4. The molecule has 4 aromatic rings. The zero-order valence-electron chi connectivity index (χ0n) is 15.4. The molecule has 6 heteroatoms. The molecule has 4 nitrogen and oxygen atoms in total. The summed E-state index contributed by atoms with van der Waals surface area (Å²) in [5.41, 5.74) is 4.49. The second-order valence-electron chi connectivity index (χ2n) is 6.49. The van der Waals surface area contributed by atoms with E-state index < -0.39 is 0 Å². The number of rotatable bonds is 4. The molecular formula is C23H16Cl2N2O2. The Morgan fingerprint density at radius 3 is 2.72 bits per heavy atom. The van der Waals surface area contributed by atoms with E-state index in [2.05, 4.69) is 9.98 Å². The van der Waals surface area contributed by atoms with E-state index in [1.54, 1.807) is 42.6 Å². The highest BCUT2D eigenvalue weighted by atomic mass is 35.5. The van der Waals surface area contributed by atoms with Crippen molar-refractivity contribution >= 4 is 52.3 Å². The number of oxazole rings is 1. The molecule has 0 aliphatic heterocycles. The van der Waals surface area contributed by atoms with E-state index in [0.29, 0.717) is 32.8 Å². The van der Waals surface area contributed by atoms with E-state index in [1.165, 1.54) is 0 Å². The Morgan fingerprint density at radius 1 is 1.03 bits per heavy atom. The molecule has 0 unspecified atom stereocenters. The fraction of sp³-hybridized carbons (Fsp3) is 0.0435. The van der Waals surface area contributed by atoms with E-state index in [0.717, 1.165) is 16.6 Å². The summed E-state index contributed by atoms with van der Waals surface area (Å²) in [5, 5.41) is 11.4. The smallest absolute Gasteiger partial charge is 0.231 e. The summed E-state index contributed by atoms with van der Waals surface area (Å²) in [4.78, 5) is 8.88. The van der Waals surface area contributed by atoms with Crippen molar-refractivity contribution in [2.24, 2.45) is 4.99 Å². The minimum Gasteiger partial charge on any atom is -0.507 e. The summed E-state index contributed by atoms with van der Waals surface area (Å²) in [6.07, 6.45) is 5.27. The zero-order chi connectivity index (χ0) is 20.4. The van der Waals surface area contributed by atoms with Gasteiger partial charge in [-0.05, 0) is 66.6 Å². The Morgan fingerprint density at radius 2 is 1.90 bits per heavy atom. The van der Waals surface area contributed by atoms with Crippen molar-refractivity contribution in [2.75, 3.05) is 0 Å². The first kappa shape index (κ1) is 19.2. The first-order valence-corrected chi connectivity index (χ1v) is 9.61. The highest BCUT2D eigenvalue weighted by Crippen LogP contribution is 2.34. The lowest BCUT2D eigenvalue weighted by Crippen LogP contribution is -1.79. The van der Waals surface area contributed by atoms with E-state index in [-0.39, 0.29) is 5.75 Å². The van der Waals surface area contributed by atoms with Gasteiger partial charge in [0.25, 0.3) is 0 Å². The summed E-state index contributed by atoms with van der Waals surface area (Å²) in [6.45, 7) is 1.99. The molecule has 0 atom stereocenters. The SMILES string of the molecule is Cc1ccc2oc(-c3cc(N=C/C=C/c4ccc(Cl)cc4Cl)ccc3O)nc2c1. The largest absolute Gasteiger partial charge is 0.507 e. The van der Waals surface area contributed by atoms with Gasteiger partial charge >= 0.3 is 0 Å². The van der Waals surface area contributed by atoms with Gasteiger partial charge in [0.15, 0.2) is 5.58 Å². The molecule has 0 aliphatic carbocycles. The van der Waals surface area contributed by atoms with Crippen LogP contribution in [0.25, 0.3) is 28.6 Å². The Bertz CT molecular complexity index is 1260. The minimum atomic E-state index is 0.0794. The highest BCUT2D eigenvalue weighted by molar-refractivity contribution is 6.35. The number of nitrogens with zero attached hydrogens (tertiary/aromatic N) is 2. The number of phenols is 1. The van der Waals surface area contributed by atoms with Gasteiger partial charge in [-0.2, -0.15) is 0 Å². The van der Waals surface area contributed by atoms with Crippen LogP contribution in [0.3, 0.4) is 0 Å². The van der Waals surface area contributed by atoms with Gasteiger partial charge in [-0.1, -0.05) is 41.4 Å². The van der Waals surface area contributed by atoms with Crippen LogP contribution in [0.5, 0.6) is 5.75 Å². The number of aromatic nitrogens is 1.